The van der Waals surface area contributed by atoms with E-state index in [1.165, 1.54) is 0 Å². The monoisotopic (exact) mass is 300 g/mol. The van der Waals surface area contributed by atoms with Crippen LogP contribution in [-0.4, -0.2) is 45.8 Å². The molecular weight excluding hydrogens is 272 g/mol. The molecule has 1 aliphatic carbocycles. The van der Waals surface area contributed by atoms with Crippen LogP contribution in [0.5, 0.6) is 0 Å². The van der Waals surface area contributed by atoms with E-state index >= 15 is 0 Å². The molecule has 21 heavy (non-hydrogen) atoms. The summed E-state index contributed by atoms with van der Waals surface area (Å²) in [6.45, 7) is 7.81. The second kappa shape index (κ2) is 6.75. The van der Waals surface area contributed by atoms with Crippen molar-refractivity contribution < 1.29 is 19.8 Å². The Labute approximate surface area is 126 Å². The number of nitrogens with one attached hydrogen (secondary N) is 2. The van der Waals surface area contributed by atoms with Crippen LogP contribution in [0.2, 0.25) is 0 Å². The van der Waals surface area contributed by atoms with Gasteiger partial charge in [0.1, 0.15) is 0 Å². The predicted octanol–water partition coefficient (Wildman–Crippen LogP) is 0.885. The van der Waals surface area contributed by atoms with Gasteiger partial charge in [-0.1, -0.05) is 0 Å². The first-order chi connectivity index (χ1) is 9.52. The van der Waals surface area contributed by atoms with Gasteiger partial charge in [0.05, 0.1) is 17.6 Å². The van der Waals surface area contributed by atoms with Gasteiger partial charge in [0.15, 0.2) is 0 Å². The third kappa shape index (κ3) is 6.01. The third-order valence-corrected chi connectivity index (χ3v) is 3.89. The average molecular weight is 300 g/mol. The summed E-state index contributed by atoms with van der Waals surface area (Å²) >= 11 is 0. The topological polar surface area (TPSA) is 98.7 Å². The summed E-state index contributed by atoms with van der Waals surface area (Å²) in [5.41, 5.74) is -1.20. The number of carboxylic acid groups (broad SMARTS) is 1. The summed E-state index contributed by atoms with van der Waals surface area (Å²) in [6, 6.07) is -0.398. The van der Waals surface area contributed by atoms with E-state index in [4.69, 9.17) is 5.11 Å². The van der Waals surface area contributed by atoms with Crippen LogP contribution in [0, 0.1) is 5.92 Å². The Balaban J connectivity index is 2.41. The van der Waals surface area contributed by atoms with Crippen molar-refractivity contribution in [2.75, 3.05) is 6.54 Å². The van der Waals surface area contributed by atoms with Crippen LogP contribution < -0.4 is 10.6 Å². The van der Waals surface area contributed by atoms with Gasteiger partial charge < -0.3 is 20.8 Å². The van der Waals surface area contributed by atoms with Crippen molar-refractivity contribution in [2.24, 2.45) is 5.92 Å². The standard InChI is InChI=1S/C15H28N2O4/c1-10(12(18)17-14(2,3)4)16-9-15(21)7-5-11(6-8-15)13(19)20/h10-11,16,21H,5-9H2,1-4H3,(H,17,18)(H,19,20). The van der Waals surface area contributed by atoms with Crippen molar-refractivity contribution in [2.45, 2.75) is 70.6 Å². The Morgan fingerprint density at radius 3 is 2.24 bits per heavy atom. The van der Waals surface area contributed by atoms with Gasteiger partial charge >= 0.3 is 5.97 Å². The van der Waals surface area contributed by atoms with Crippen LogP contribution >= 0.6 is 0 Å². The van der Waals surface area contributed by atoms with Crippen molar-refractivity contribution in [1.29, 1.82) is 0 Å². The first kappa shape index (κ1) is 17.9. The first-order valence-electron chi connectivity index (χ1n) is 7.53. The maximum Gasteiger partial charge on any atom is 0.306 e. The number of hydrogen-bond acceptors (Lipinski definition) is 4. The summed E-state index contributed by atoms with van der Waals surface area (Å²) in [6.07, 6.45) is 1.86. The van der Waals surface area contributed by atoms with Crippen LogP contribution in [0.15, 0.2) is 0 Å². The third-order valence-electron chi connectivity index (χ3n) is 3.89. The lowest BCUT2D eigenvalue weighted by molar-refractivity contribution is -0.144. The number of hydrogen-bond donors (Lipinski definition) is 4. The van der Waals surface area contributed by atoms with Gasteiger partial charge in [-0.15, -0.1) is 0 Å². The molecule has 1 fully saturated rings. The molecule has 0 radical (unpaired) electrons. The second-order valence-electron chi connectivity index (χ2n) is 7.18. The molecule has 122 valence electrons. The molecule has 0 heterocycles. The van der Waals surface area contributed by atoms with Gasteiger partial charge in [-0.2, -0.15) is 0 Å². The lowest BCUT2D eigenvalue weighted by Gasteiger charge is -2.35. The molecule has 0 aromatic heterocycles. The Morgan fingerprint density at radius 2 is 1.81 bits per heavy atom. The van der Waals surface area contributed by atoms with Gasteiger partial charge in [-0.05, 0) is 53.4 Å². The maximum absolute atomic E-state index is 11.9. The quantitative estimate of drug-likeness (QED) is 0.604. The van der Waals surface area contributed by atoms with E-state index in [0.717, 1.165) is 0 Å². The van der Waals surface area contributed by atoms with Crippen molar-refractivity contribution in [3.63, 3.8) is 0 Å². The van der Waals surface area contributed by atoms with E-state index in [1.807, 2.05) is 20.8 Å². The number of carbonyl (C=O) groups excluding carboxylic acids is 1. The van der Waals surface area contributed by atoms with Crippen molar-refractivity contribution in [3.05, 3.63) is 0 Å². The molecule has 1 atom stereocenters. The molecule has 4 N–H and O–H groups in total. The van der Waals surface area contributed by atoms with Gasteiger partial charge in [0.2, 0.25) is 5.91 Å². The predicted molar refractivity (Wildman–Crippen MR) is 79.9 cm³/mol. The number of carbonyl (C=O) groups is 2. The molecule has 6 heteroatoms. The van der Waals surface area contributed by atoms with Crippen LogP contribution in [0.1, 0.15) is 53.4 Å². The lowest BCUT2D eigenvalue weighted by Crippen LogP contribution is -2.53. The largest absolute Gasteiger partial charge is 0.481 e. The normalized spacial score (nSPS) is 28.0. The molecule has 0 aromatic carbocycles. The van der Waals surface area contributed by atoms with Crippen molar-refractivity contribution in [1.82, 2.24) is 10.6 Å². The van der Waals surface area contributed by atoms with E-state index in [-0.39, 0.29) is 17.4 Å². The molecule has 1 amide bonds. The maximum atomic E-state index is 11.9. The van der Waals surface area contributed by atoms with E-state index in [1.54, 1.807) is 6.92 Å². The van der Waals surface area contributed by atoms with Gasteiger partial charge in [0, 0.05) is 12.1 Å². The number of aliphatic hydroxyl groups is 1. The van der Waals surface area contributed by atoms with Crippen molar-refractivity contribution in [3.8, 4) is 0 Å². The molecule has 1 saturated carbocycles. The molecule has 0 spiro atoms. The van der Waals surface area contributed by atoms with Crippen LogP contribution in [0.4, 0.5) is 0 Å². The molecule has 1 rings (SSSR count). The zero-order valence-electron chi connectivity index (χ0n) is 13.4. The highest BCUT2D eigenvalue weighted by Gasteiger charge is 2.36. The zero-order chi connectivity index (χ0) is 16.3. The second-order valence-corrected chi connectivity index (χ2v) is 7.18. The highest BCUT2D eigenvalue weighted by molar-refractivity contribution is 5.81. The average Bonchev–Trinajstić information content (AvgIpc) is 2.34. The van der Waals surface area contributed by atoms with Crippen LogP contribution in [-0.2, 0) is 9.59 Å². The SMILES string of the molecule is CC(NCC1(O)CCC(C(=O)O)CC1)C(=O)NC(C)(C)C. The molecule has 0 aliphatic heterocycles. The van der Waals surface area contributed by atoms with Gasteiger partial charge in [-0.3, -0.25) is 9.59 Å². The number of amides is 1. The minimum Gasteiger partial charge on any atom is -0.481 e. The smallest absolute Gasteiger partial charge is 0.306 e. The Bertz CT molecular complexity index is 382. The lowest BCUT2D eigenvalue weighted by atomic mass is 9.78. The highest BCUT2D eigenvalue weighted by atomic mass is 16.4. The van der Waals surface area contributed by atoms with E-state index in [2.05, 4.69) is 10.6 Å². The number of rotatable bonds is 5. The van der Waals surface area contributed by atoms with Crippen LogP contribution in [0.3, 0.4) is 0 Å². The fourth-order valence-electron chi connectivity index (χ4n) is 2.49. The molecule has 0 saturated heterocycles. The Kier molecular flexibility index (Phi) is 5.75. The van der Waals surface area contributed by atoms with E-state index in [0.29, 0.717) is 32.2 Å². The highest BCUT2D eigenvalue weighted by Crippen LogP contribution is 2.31. The fourth-order valence-corrected chi connectivity index (χ4v) is 2.49. The molecule has 0 aromatic rings. The zero-order valence-corrected chi connectivity index (χ0v) is 13.4. The minimum atomic E-state index is -0.914. The van der Waals surface area contributed by atoms with Gasteiger partial charge in [-0.25, -0.2) is 0 Å². The van der Waals surface area contributed by atoms with Crippen LogP contribution in [0.25, 0.3) is 0 Å². The Morgan fingerprint density at radius 1 is 1.29 bits per heavy atom. The molecule has 0 bridgehead atoms. The number of carboxylic acids is 1. The van der Waals surface area contributed by atoms with E-state index < -0.39 is 17.6 Å². The molecular formula is C15H28N2O4. The fraction of sp³-hybridized carbons (Fsp3) is 0.867. The molecule has 1 unspecified atom stereocenters. The summed E-state index contributed by atoms with van der Waals surface area (Å²) in [5, 5.41) is 25.3. The van der Waals surface area contributed by atoms with Gasteiger partial charge in [0.25, 0.3) is 0 Å². The summed E-state index contributed by atoms with van der Waals surface area (Å²) < 4.78 is 0. The summed E-state index contributed by atoms with van der Waals surface area (Å²) in [7, 11) is 0. The number of aliphatic carboxylic acids is 1. The molecule has 1 aliphatic rings. The first-order valence-corrected chi connectivity index (χ1v) is 7.53. The Hall–Kier alpha value is -1.14. The minimum absolute atomic E-state index is 0.106. The summed E-state index contributed by atoms with van der Waals surface area (Å²) in [5.74, 6) is -1.25. The molecule has 6 nitrogen and oxygen atoms in total. The van der Waals surface area contributed by atoms with Crippen molar-refractivity contribution >= 4 is 11.9 Å². The van der Waals surface area contributed by atoms with E-state index in [9.17, 15) is 14.7 Å². The summed E-state index contributed by atoms with van der Waals surface area (Å²) in [4.78, 5) is 22.8.